The molecule has 0 radical (unpaired) electrons. The topological polar surface area (TPSA) is 69.3 Å². The Bertz CT molecular complexity index is 1210. The largest absolute Gasteiger partial charge is 0.493 e. The number of ether oxygens (including phenoxy) is 4. The highest BCUT2D eigenvalue weighted by Crippen LogP contribution is 2.31. The maximum Gasteiger partial charge on any atom is 0.340 e. The van der Waals surface area contributed by atoms with E-state index < -0.39 is 5.82 Å². The van der Waals surface area contributed by atoms with Crippen molar-refractivity contribution in [3.8, 4) is 11.5 Å². The first-order valence-electron chi connectivity index (χ1n) is 12.1. The van der Waals surface area contributed by atoms with Crippen molar-refractivity contribution in [3.63, 3.8) is 0 Å². The van der Waals surface area contributed by atoms with E-state index in [2.05, 4.69) is 10.2 Å². The quantitative estimate of drug-likeness (QED) is 0.339. The van der Waals surface area contributed by atoms with E-state index in [1.165, 1.54) is 6.07 Å². The number of benzene rings is 3. The lowest BCUT2D eigenvalue weighted by atomic mass is 10.1. The van der Waals surface area contributed by atoms with Crippen molar-refractivity contribution >= 4 is 28.9 Å². The van der Waals surface area contributed by atoms with E-state index in [1.807, 2.05) is 30.3 Å². The number of hydrogen-bond donors (Lipinski definition) is 1. The summed E-state index contributed by atoms with van der Waals surface area (Å²) in [4.78, 5) is 14.8. The van der Waals surface area contributed by atoms with Crippen LogP contribution in [0.2, 0.25) is 5.02 Å². The van der Waals surface area contributed by atoms with E-state index in [1.54, 1.807) is 32.2 Å². The Morgan fingerprint density at radius 2 is 1.92 bits per heavy atom. The summed E-state index contributed by atoms with van der Waals surface area (Å²) < 4.78 is 36.1. The van der Waals surface area contributed by atoms with E-state index >= 15 is 0 Å². The van der Waals surface area contributed by atoms with Gasteiger partial charge in [-0.05, 0) is 55.0 Å². The summed E-state index contributed by atoms with van der Waals surface area (Å²) in [7, 11) is 1.55. The Hall–Kier alpha value is -3.49. The van der Waals surface area contributed by atoms with Crippen LogP contribution in [0.5, 0.6) is 11.5 Å². The van der Waals surface area contributed by atoms with Crippen LogP contribution in [0, 0.1) is 5.82 Å². The molecule has 9 heteroatoms. The van der Waals surface area contributed by atoms with Crippen molar-refractivity contribution in [1.82, 2.24) is 0 Å². The van der Waals surface area contributed by atoms with Gasteiger partial charge in [0.25, 0.3) is 0 Å². The number of hydrogen-bond acceptors (Lipinski definition) is 7. The zero-order chi connectivity index (χ0) is 26.2. The van der Waals surface area contributed by atoms with E-state index in [9.17, 15) is 9.18 Å². The highest BCUT2D eigenvalue weighted by molar-refractivity contribution is 6.31. The fourth-order valence-electron chi connectivity index (χ4n) is 4.06. The molecule has 7 nitrogen and oxygen atoms in total. The molecular formula is C28H30ClFN2O5. The molecule has 0 aromatic heterocycles. The molecule has 1 heterocycles. The summed E-state index contributed by atoms with van der Waals surface area (Å²) in [6.07, 6.45) is 0. The molecular weight excluding hydrogens is 499 g/mol. The highest BCUT2D eigenvalue weighted by Gasteiger charge is 2.20. The molecule has 0 spiro atoms. The molecule has 1 N–H and O–H groups in total. The molecule has 0 atom stereocenters. The Balaban J connectivity index is 1.46. The van der Waals surface area contributed by atoms with Gasteiger partial charge in [0.2, 0.25) is 0 Å². The predicted octanol–water partition coefficient (Wildman–Crippen LogP) is 5.69. The molecule has 0 saturated carbocycles. The monoisotopic (exact) mass is 528 g/mol. The van der Waals surface area contributed by atoms with Gasteiger partial charge in [-0.15, -0.1) is 0 Å². The minimum Gasteiger partial charge on any atom is -0.493 e. The maximum absolute atomic E-state index is 14.1. The van der Waals surface area contributed by atoms with E-state index in [0.717, 1.165) is 30.0 Å². The Morgan fingerprint density at radius 1 is 1.11 bits per heavy atom. The van der Waals surface area contributed by atoms with Gasteiger partial charge in [-0.2, -0.15) is 0 Å². The first-order valence-corrected chi connectivity index (χ1v) is 12.5. The molecule has 0 aliphatic carbocycles. The maximum atomic E-state index is 14.1. The van der Waals surface area contributed by atoms with Crippen LogP contribution in [-0.2, 0) is 22.6 Å². The Kier molecular flexibility index (Phi) is 9.09. The lowest BCUT2D eigenvalue weighted by Crippen LogP contribution is -2.37. The zero-order valence-electron chi connectivity index (χ0n) is 20.9. The molecule has 1 saturated heterocycles. The summed E-state index contributed by atoms with van der Waals surface area (Å²) in [5.74, 6) is 0.214. The van der Waals surface area contributed by atoms with E-state index in [-0.39, 0.29) is 18.1 Å². The number of carbonyl (C=O) groups excluding carboxylic acids is 1. The molecule has 37 heavy (non-hydrogen) atoms. The van der Waals surface area contributed by atoms with Gasteiger partial charge in [0.15, 0.2) is 11.5 Å². The number of rotatable bonds is 10. The van der Waals surface area contributed by atoms with Gasteiger partial charge in [0.05, 0.1) is 43.2 Å². The van der Waals surface area contributed by atoms with Crippen LogP contribution in [0.4, 0.5) is 15.8 Å². The normalized spacial score (nSPS) is 13.2. The minimum absolute atomic E-state index is 0.0222. The fraction of sp³-hybridized carbons (Fsp3) is 0.321. The molecule has 1 aliphatic heterocycles. The summed E-state index contributed by atoms with van der Waals surface area (Å²) in [6, 6.07) is 15.7. The third-order valence-electron chi connectivity index (χ3n) is 6.00. The Labute approximate surface area is 221 Å². The fourth-order valence-corrected chi connectivity index (χ4v) is 4.28. The third kappa shape index (κ3) is 6.64. The molecule has 1 fully saturated rings. The first-order chi connectivity index (χ1) is 18.0. The van der Waals surface area contributed by atoms with Crippen molar-refractivity contribution < 1.29 is 28.1 Å². The van der Waals surface area contributed by atoms with E-state index in [0.29, 0.717) is 48.5 Å². The van der Waals surface area contributed by atoms with Gasteiger partial charge in [0.1, 0.15) is 12.4 Å². The van der Waals surface area contributed by atoms with Crippen molar-refractivity contribution in [3.05, 3.63) is 82.1 Å². The second-order valence-corrected chi connectivity index (χ2v) is 8.79. The second kappa shape index (κ2) is 12.7. The average molecular weight is 529 g/mol. The molecule has 0 unspecified atom stereocenters. The smallest absolute Gasteiger partial charge is 0.340 e. The number of morpholine rings is 1. The summed E-state index contributed by atoms with van der Waals surface area (Å²) >= 11 is 6.10. The summed E-state index contributed by atoms with van der Waals surface area (Å²) in [5.41, 5.74) is 3.36. The van der Waals surface area contributed by atoms with Crippen LogP contribution in [0.3, 0.4) is 0 Å². The molecule has 4 rings (SSSR count). The molecule has 1 aliphatic rings. The van der Waals surface area contributed by atoms with E-state index in [4.69, 9.17) is 30.5 Å². The summed E-state index contributed by atoms with van der Waals surface area (Å²) in [5, 5.41) is 3.66. The van der Waals surface area contributed by atoms with Crippen LogP contribution in [-0.4, -0.2) is 46.0 Å². The van der Waals surface area contributed by atoms with Crippen molar-refractivity contribution in [2.75, 3.05) is 50.2 Å². The van der Waals surface area contributed by atoms with Crippen LogP contribution in [0.25, 0.3) is 0 Å². The standard InChI is InChI=1S/C28H30ClFN2O5/c1-3-36-28(33)21-16-20(8-9-25(21)32-11-13-35-14-12-32)31-17-19-7-10-26(27(15-19)34-2)37-18-22-23(29)5-4-6-24(22)30/h4-10,15-16,31H,3,11-14,17-18H2,1-2H3. The van der Waals surface area contributed by atoms with Gasteiger partial charge >= 0.3 is 5.97 Å². The van der Waals surface area contributed by atoms with Gasteiger partial charge in [-0.25, -0.2) is 9.18 Å². The molecule has 0 bridgehead atoms. The van der Waals surface area contributed by atoms with Crippen molar-refractivity contribution in [2.45, 2.75) is 20.1 Å². The second-order valence-electron chi connectivity index (χ2n) is 8.38. The number of nitrogens with zero attached hydrogens (tertiary/aromatic N) is 1. The van der Waals surface area contributed by atoms with Crippen molar-refractivity contribution in [2.24, 2.45) is 0 Å². The van der Waals surface area contributed by atoms with Crippen molar-refractivity contribution in [1.29, 1.82) is 0 Å². The lowest BCUT2D eigenvalue weighted by Gasteiger charge is -2.30. The molecule has 3 aromatic carbocycles. The summed E-state index contributed by atoms with van der Waals surface area (Å²) in [6.45, 7) is 5.23. The molecule has 3 aromatic rings. The number of halogens is 2. The molecule has 196 valence electrons. The number of esters is 1. The predicted molar refractivity (Wildman–Crippen MR) is 141 cm³/mol. The van der Waals surface area contributed by atoms with Gasteiger partial charge < -0.3 is 29.2 Å². The zero-order valence-corrected chi connectivity index (χ0v) is 21.6. The average Bonchev–Trinajstić information content (AvgIpc) is 2.92. The number of carbonyl (C=O) groups is 1. The van der Waals surface area contributed by atoms with Crippen LogP contribution < -0.4 is 19.7 Å². The van der Waals surface area contributed by atoms with Crippen LogP contribution in [0.15, 0.2) is 54.6 Å². The Morgan fingerprint density at radius 3 is 2.65 bits per heavy atom. The van der Waals surface area contributed by atoms with Gasteiger partial charge in [-0.1, -0.05) is 23.7 Å². The number of anilines is 2. The third-order valence-corrected chi connectivity index (χ3v) is 6.36. The van der Waals surface area contributed by atoms with Gasteiger partial charge in [0, 0.05) is 30.9 Å². The van der Waals surface area contributed by atoms with Crippen LogP contribution in [0.1, 0.15) is 28.4 Å². The minimum atomic E-state index is -0.422. The first kappa shape index (κ1) is 26.6. The number of methoxy groups -OCH3 is 1. The molecule has 0 amide bonds. The van der Waals surface area contributed by atoms with Crippen LogP contribution >= 0.6 is 11.6 Å². The SMILES string of the molecule is CCOC(=O)c1cc(NCc2ccc(OCc3c(F)cccc3Cl)c(OC)c2)ccc1N1CCOCC1. The number of nitrogens with one attached hydrogen (secondary N) is 1. The lowest BCUT2D eigenvalue weighted by molar-refractivity contribution is 0.0526. The van der Waals surface area contributed by atoms with Gasteiger partial charge in [-0.3, -0.25) is 0 Å². The highest BCUT2D eigenvalue weighted by atomic mass is 35.5.